The van der Waals surface area contributed by atoms with Crippen LogP contribution in [-0.2, 0) is 11.3 Å². The lowest BCUT2D eigenvalue weighted by Gasteiger charge is -2.07. The highest BCUT2D eigenvalue weighted by atomic mass is 79.9. The molecule has 1 heterocycles. The molecule has 0 fully saturated rings. The number of carboxylic acid groups (broad SMARTS) is 1. The average molecular weight is 261 g/mol. The first kappa shape index (κ1) is 11.2. The summed E-state index contributed by atoms with van der Waals surface area (Å²) in [6, 6.07) is 0. The van der Waals surface area contributed by atoms with Crippen molar-refractivity contribution in [3.05, 3.63) is 15.9 Å². The van der Waals surface area contributed by atoms with E-state index in [9.17, 15) is 4.79 Å². The maximum Gasteiger partial charge on any atom is 0.308 e. The fraction of sp³-hybridized carbons (Fsp3) is 0.556. The minimum absolute atomic E-state index is 0.410. The molecule has 0 aliphatic heterocycles. The molecule has 5 heteroatoms. The molecule has 14 heavy (non-hydrogen) atoms. The van der Waals surface area contributed by atoms with E-state index in [1.807, 2.05) is 13.8 Å². The molecular weight excluding hydrogens is 248 g/mol. The third kappa shape index (κ3) is 2.15. The molecule has 0 amide bonds. The highest BCUT2D eigenvalue weighted by molar-refractivity contribution is 9.10. The fourth-order valence-electron chi connectivity index (χ4n) is 1.19. The van der Waals surface area contributed by atoms with Gasteiger partial charge in [-0.15, -0.1) is 0 Å². The van der Waals surface area contributed by atoms with Crippen LogP contribution in [0.4, 0.5) is 0 Å². The van der Waals surface area contributed by atoms with Crippen LogP contribution in [0.3, 0.4) is 0 Å². The lowest BCUT2D eigenvalue weighted by Crippen LogP contribution is -2.18. The van der Waals surface area contributed by atoms with Gasteiger partial charge in [0.25, 0.3) is 0 Å². The van der Waals surface area contributed by atoms with Crippen molar-refractivity contribution in [2.24, 2.45) is 5.92 Å². The third-order valence-electron chi connectivity index (χ3n) is 2.16. The molecule has 0 radical (unpaired) electrons. The van der Waals surface area contributed by atoms with Crippen molar-refractivity contribution in [1.29, 1.82) is 0 Å². The van der Waals surface area contributed by atoms with Crippen molar-refractivity contribution in [3.8, 4) is 0 Å². The zero-order valence-electron chi connectivity index (χ0n) is 8.41. The molecule has 1 N–H and O–H groups in total. The first-order valence-corrected chi connectivity index (χ1v) is 5.15. The Bertz CT molecular complexity index is 360. The van der Waals surface area contributed by atoms with E-state index in [-0.39, 0.29) is 0 Å². The monoisotopic (exact) mass is 260 g/mol. The zero-order valence-corrected chi connectivity index (χ0v) is 10.00. The minimum Gasteiger partial charge on any atom is -0.481 e. The Kier molecular flexibility index (Phi) is 3.31. The van der Waals surface area contributed by atoms with E-state index < -0.39 is 11.9 Å². The Hall–Kier alpha value is -0.840. The Morgan fingerprint density at radius 1 is 1.64 bits per heavy atom. The minimum atomic E-state index is -0.798. The molecule has 0 saturated carbocycles. The van der Waals surface area contributed by atoms with E-state index in [1.54, 1.807) is 11.6 Å². The normalized spacial score (nSPS) is 12.9. The molecule has 4 nitrogen and oxygen atoms in total. The average Bonchev–Trinajstić information content (AvgIpc) is 2.33. The van der Waals surface area contributed by atoms with Gasteiger partial charge in [0.05, 0.1) is 22.6 Å². The van der Waals surface area contributed by atoms with Gasteiger partial charge in [-0.25, -0.2) is 0 Å². The number of rotatable bonds is 3. The molecule has 0 aliphatic carbocycles. The summed E-state index contributed by atoms with van der Waals surface area (Å²) in [5.74, 6) is -1.21. The first-order chi connectivity index (χ1) is 6.43. The summed E-state index contributed by atoms with van der Waals surface area (Å²) in [5, 5.41) is 13.0. The number of halogens is 1. The molecule has 1 aromatic heterocycles. The number of nitrogens with zero attached hydrogens (tertiary/aromatic N) is 2. The molecule has 0 aliphatic rings. The topological polar surface area (TPSA) is 55.1 Å². The molecule has 0 spiro atoms. The van der Waals surface area contributed by atoms with Crippen molar-refractivity contribution in [2.75, 3.05) is 0 Å². The quantitative estimate of drug-likeness (QED) is 0.905. The van der Waals surface area contributed by atoms with Crippen molar-refractivity contribution < 1.29 is 9.90 Å². The van der Waals surface area contributed by atoms with Gasteiger partial charge in [0.1, 0.15) is 0 Å². The van der Waals surface area contributed by atoms with Gasteiger partial charge >= 0.3 is 5.97 Å². The van der Waals surface area contributed by atoms with Gasteiger partial charge < -0.3 is 5.11 Å². The van der Waals surface area contributed by atoms with E-state index >= 15 is 0 Å². The van der Waals surface area contributed by atoms with Gasteiger partial charge in [-0.1, -0.05) is 6.92 Å². The van der Waals surface area contributed by atoms with Gasteiger partial charge in [-0.2, -0.15) is 5.10 Å². The predicted octanol–water partition coefficient (Wildman–Crippen LogP) is 1.98. The number of hydrogen-bond donors (Lipinski definition) is 1. The van der Waals surface area contributed by atoms with Crippen LogP contribution in [-0.4, -0.2) is 20.9 Å². The molecular formula is C9H13BrN2O2. The summed E-state index contributed by atoms with van der Waals surface area (Å²) in [6.07, 6.45) is 0. The highest BCUT2D eigenvalue weighted by Crippen LogP contribution is 2.20. The lowest BCUT2D eigenvalue weighted by molar-refractivity contribution is -0.141. The number of carbonyl (C=O) groups is 1. The van der Waals surface area contributed by atoms with Gasteiger partial charge in [0.15, 0.2) is 0 Å². The Morgan fingerprint density at radius 2 is 2.21 bits per heavy atom. The Balaban J connectivity index is 2.87. The summed E-state index contributed by atoms with van der Waals surface area (Å²) in [5.41, 5.74) is 1.86. The first-order valence-electron chi connectivity index (χ1n) is 4.35. The van der Waals surface area contributed by atoms with Crippen molar-refractivity contribution in [1.82, 2.24) is 9.78 Å². The largest absolute Gasteiger partial charge is 0.481 e. The second-order valence-corrected chi connectivity index (χ2v) is 4.20. The fourth-order valence-corrected chi connectivity index (χ4v) is 1.47. The summed E-state index contributed by atoms with van der Waals surface area (Å²) in [6.45, 7) is 5.89. The summed E-state index contributed by atoms with van der Waals surface area (Å²) >= 11 is 3.40. The smallest absolute Gasteiger partial charge is 0.308 e. The van der Waals surface area contributed by atoms with Crippen LogP contribution in [0.25, 0.3) is 0 Å². The maximum absolute atomic E-state index is 10.7. The number of aryl methyl sites for hydroxylation is 1. The Morgan fingerprint density at radius 3 is 2.57 bits per heavy atom. The Labute approximate surface area is 91.1 Å². The van der Waals surface area contributed by atoms with Gasteiger partial charge in [-0.3, -0.25) is 9.48 Å². The van der Waals surface area contributed by atoms with Crippen molar-refractivity contribution >= 4 is 21.9 Å². The molecule has 0 saturated heterocycles. The van der Waals surface area contributed by atoms with E-state index in [1.165, 1.54) is 0 Å². The van der Waals surface area contributed by atoms with E-state index in [0.29, 0.717) is 6.54 Å². The second-order valence-electron chi connectivity index (χ2n) is 3.41. The SMILES string of the molecule is Cc1nn(C[C@@H](C)C(=O)O)c(C)c1Br. The second kappa shape index (κ2) is 4.13. The summed E-state index contributed by atoms with van der Waals surface area (Å²) < 4.78 is 2.67. The lowest BCUT2D eigenvalue weighted by atomic mass is 10.2. The number of carboxylic acids is 1. The number of aromatic nitrogens is 2. The van der Waals surface area contributed by atoms with E-state index in [2.05, 4.69) is 21.0 Å². The highest BCUT2D eigenvalue weighted by Gasteiger charge is 2.15. The third-order valence-corrected chi connectivity index (χ3v) is 3.31. The standard InChI is InChI=1S/C9H13BrN2O2/c1-5(9(13)14)4-12-7(3)8(10)6(2)11-12/h5H,4H2,1-3H3,(H,13,14)/t5-/m1/s1. The van der Waals surface area contributed by atoms with Crippen molar-refractivity contribution in [2.45, 2.75) is 27.3 Å². The zero-order chi connectivity index (χ0) is 10.9. The van der Waals surface area contributed by atoms with Crippen LogP contribution in [0.2, 0.25) is 0 Å². The van der Waals surface area contributed by atoms with Crippen LogP contribution in [0, 0.1) is 19.8 Å². The van der Waals surface area contributed by atoms with Gasteiger partial charge in [-0.05, 0) is 29.8 Å². The maximum atomic E-state index is 10.7. The van der Waals surface area contributed by atoms with Crippen LogP contribution < -0.4 is 0 Å². The van der Waals surface area contributed by atoms with Crippen molar-refractivity contribution in [3.63, 3.8) is 0 Å². The molecule has 0 bridgehead atoms. The molecule has 1 atom stereocenters. The number of aliphatic carboxylic acids is 1. The summed E-state index contributed by atoms with van der Waals surface area (Å²) in [7, 11) is 0. The van der Waals surface area contributed by atoms with Crippen LogP contribution in [0.1, 0.15) is 18.3 Å². The van der Waals surface area contributed by atoms with Crippen LogP contribution in [0.5, 0.6) is 0 Å². The van der Waals surface area contributed by atoms with Gasteiger partial charge in [0, 0.05) is 5.69 Å². The molecule has 1 aromatic rings. The molecule has 0 unspecified atom stereocenters. The predicted molar refractivity (Wildman–Crippen MR) is 56.2 cm³/mol. The van der Waals surface area contributed by atoms with E-state index in [0.717, 1.165) is 15.9 Å². The molecule has 0 aromatic carbocycles. The van der Waals surface area contributed by atoms with Crippen LogP contribution >= 0.6 is 15.9 Å². The van der Waals surface area contributed by atoms with Crippen LogP contribution in [0.15, 0.2) is 4.47 Å². The summed E-state index contributed by atoms with van der Waals surface area (Å²) in [4.78, 5) is 10.7. The molecule has 78 valence electrons. The van der Waals surface area contributed by atoms with E-state index in [4.69, 9.17) is 5.11 Å². The number of hydrogen-bond acceptors (Lipinski definition) is 2. The van der Waals surface area contributed by atoms with Gasteiger partial charge in [0.2, 0.25) is 0 Å². The molecule has 1 rings (SSSR count).